The maximum Gasteiger partial charge on any atom is 0.0372 e. The van der Waals surface area contributed by atoms with Gasteiger partial charge >= 0.3 is 0 Å². The maximum atomic E-state index is 4.25. The zero-order valence-corrected chi connectivity index (χ0v) is 7.46. The second-order valence-electron chi connectivity index (χ2n) is 3.04. The van der Waals surface area contributed by atoms with Crippen molar-refractivity contribution in [3.63, 3.8) is 0 Å². The van der Waals surface area contributed by atoms with Crippen molar-refractivity contribution in [3.05, 3.63) is 29.6 Å². The molecule has 0 aromatic carbocycles. The van der Waals surface area contributed by atoms with Crippen molar-refractivity contribution in [3.8, 4) is 0 Å². The van der Waals surface area contributed by atoms with Gasteiger partial charge in [0.15, 0.2) is 0 Å². The molecule has 0 saturated carbocycles. The van der Waals surface area contributed by atoms with Crippen LogP contribution in [0.4, 0.5) is 0 Å². The third kappa shape index (κ3) is 2.04. The predicted octanol–water partition coefficient (Wildman–Crippen LogP) is 2.90. The Morgan fingerprint density at radius 2 is 2.18 bits per heavy atom. The van der Waals surface area contributed by atoms with Crippen molar-refractivity contribution in [1.82, 2.24) is 4.98 Å². The summed E-state index contributed by atoms with van der Waals surface area (Å²) in [7, 11) is 0. The van der Waals surface area contributed by atoms with Crippen LogP contribution in [0.25, 0.3) is 0 Å². The van der Waals surface area contributed by atoms with Gasteiger partial charge in [-0.3, -0.25) is 4.98 Å². The highest BCUT2D eigenvalue weighted by Crippen LogP contribution is 2.16. The number of rotatable bonds is 2. The van der Waals surface area contributed by atoms with E-state index < -0.39 is 0 Å². The molecule has 0 saturated heterocycles. The van der Waals surface area contributed by atoms with Gasteiger partial charge in [-0.2, -0.15) is 0 Å². The third-order valence-electron chi connectivity index (χ3n) is 2.12. The van der Waals surface area contributed by atoms with E-state index in [-0.39, 0.29) is 0 Å². The highest BCUT2D eigenvalue weighted by Gasteiger charge is 2.01. The standard InChI is InChI=1S/C10H15N/c1-4-8(2)10-6-5-9(3)11-7-10/h5-8H,4H2,1-3H3. The minimum Gasteiger partial charge on any atom is -0.261 e. The van der Waals surface area contributed by atoms with E-state index in [2.05, 4.69) is 31.0 Å². The molecule has 0 N–H and O–H groups in total. The number of aryl methyl sites for hydroxylation is 1. The monoisotopic (exact) mass is 149 g/mol. The SMILES string of the molecule is CCC(C)c1ccc(C)nc1. The minimum atomic E-state index is 0.642. The molecule has 0 radical (unpaired) electrons. The molecule has 0 aliphatic heterocycles. The zero-order valence-electron chi connectivity index (χ0n) is 7.46. The average molecular weight is 149 g/mol. The number of hydrogen-bond acceptors (Lipinski definition) is 1. The minimum absolute atomic E-state index is 0.642. The number of hydrogen-bond donors (Lipinski definition) is 0. The third-order valence-corrected chi connectivity index (χ3v) is 2.12. The molecule has 1 rings (SSSR count). The van der Waals surface area contributed by atoms with Crippen LogP contribution < -0.4 is 0 Å². The van der Waals surface area contributed by atoms with Gasteiger partial charge in [0.25, 0.3) is 0 Å². The average Bonchev–Trinajstić information content (AvgIpc) is 2.05. The van der Waals surface area contributed by atoms with Crippen LogP contribution in [-0.4, -0.2) is 4.98 Å². The van der Waals surface area contributed by atoms with Gasteiger partial charge in [0.05, 0.1) is 0 Å². The molecule has 0 amide bonds. The van der Waals surface area contributed by atoms with Gasteiger partial charge < -0.3 is 0 Å². The molecule has 0 aliphatic carbocycles. The van der Waals surface area contributed by atoms with Crippen molar-refractivity contribution >= 4 is 0 Å². The molecule has 0 spiro atoms. The number of aromatic nitrogens is 1. The normalized spacial score (nSPS) is 13.0. The Morgan fingerprint density at radius 1 is 1.45 bits per heavy atom. The molecule has 1 aromatic heterocycles. The molecule has 0 fully saturated rings. The van der Waals surface area contributed by atoms with Crippen LogP contribution >= 0.6 is 0 Å². The molecule has 1 aromatic rings. The van der Waals surface area contributed by atoms with Crippen molar-refractivity contribution in [2.75, 3.05) is 0 Å². The Labute approximate surface area is 68.5 Å². The van der Waals surface area contributed by atoms with Gasteiger partial charge in [0, 0.05) is 11.9 Å². The molecule has 1 unspecified atom stereocenters. The van der Waals surface area contributed by atoms with E-state index in [4.69, 9.17) is 0 Å². The van der Waals surface area contributed by atoms with Gasteiger partial charge in [-0.15, -0.1) is 0 Å². The second-order valence-corrected chi connectivity index (χ2v) is 3.04. The summed E-state index contributed by atoms with van der Waals surface area (Å²) in [4.78, 5) is 4.25. The predicted molar refractivity (Wildman–Crippen MR) is 47.7 cm³/mol. The molecule has 0 aliphatic rings. The number of nitrogens with zero attached hydrogens (tertiary/aromatic N) is 1. The van der Waals surface area contributed by atoms with Crippen molar-refractivity contribution < 1.29 is 0 Å². The van der Waals surface area contributed by atoms with E-state index in [0.29, 0.717) is 5.92 Å². The van der Waals surface area contributed by atoms with Gasteiger partial charge in [0.2, 0.25) is 0 Å². The van der Waals surface area contributed by atoms with Crippen LogP contribution in [0.5, 0.6) is 0 Å². The smallest absolute Gasteiger partial charge is 0.0372 e. The van der Waals surface area contributed by atoms with Crippen LogP contribution in [0.15, 0.2) is 18.3 Å². The lowest BCUT2D eigenvalue weighted by Crippen LogP contribution is -1.92. The number of pyridine rings is 1. The van der Waals surface area contributed by atoms with Crippen LogP contribution in [0.2, 0.25) is 0 Å². The topological polar surface area (TPSA) is 12.9 Å². The fourth-order valence-corrected chi connectivity index (χ4v) is 1.01. The first kappa shape index (κ1) is 8.25. The quantitative estimate of drug-likeness (QED) is 0.630. The molecule has 1 heterocycles. The molecular formula is C10H15N. The lowest BCUT2D eigenvalue weighted by molar-refractivity contribution is 0.729. The lowest BCUT2D eigenvalue weighted by atomic mass is 10.0. The van der Waals surface area contributed by atoms with Crippen molar-refractivity contribution in [1.29, 1.82) is 0 Å². The highest BCUT2D eigenvalue weighted by molar-refractivity contribution is 5.16. The first-order chi connectivity index (χ1) is 5.24. The highest BCUT2D eigenvalue weighted by atomic mass is 14.7. The van der Waals surface area contributed by atoms with Gasteiger partial charge in [-0.1, -0.05) is 19.9 Å². The summed E-state index contributed by atoms with van der Waals surface area (Å²) in [6, 6.07) is 4.23. The van der Waals surface area contributed by atoms with Crippen molar-refractivity contribution in [2.45, 2.75) is 33.1 Å². The van der Waals surface area contributed by atoms with E-state index in [1.54, 1.807) is 0 Å². The van der Waals surface area contributed by atoms with E-state index in [1.165, 1.54) is 12.0 Å². The Balaban J connectivity index is 2.81. The molecular weight excluding hydrogens is 134 g/mol. The first-order valence-corrected chi connectivity index (χ1v) is 4.16. The summed E-state index contributed by atoms with van der Waals surface area (Å²) < 4.78 is 0. The summed E-state index contributed by atoms with van der Waals surface area (Å²) >= 11 is 0. The summed E-state index contributed by atoms with van der Waals surface area (Å²) in [5, 5.41) is 0. The Hall–Kier alpha value is -0.850. The van der Waals surface area contributed by atoms with Crippen molar-refractivity contribution in [2.24, 2.45) is 0 Å². The van der Waals surface area contributed by atoms with Crippen LogP contribution in [0, 0.1) is 6.92 Å². The molecule has 1 nitrogen and oxygen atoms in total. The lowest BCUT2D eigenvalue weighted by Gasteiger charge is -2.07. The fraction of sp³-hybridized carbons (Fsp3) is 0.500. The van der Waals surface area contributed by atoms with Crippen LogP contribution in [0.1, 0.15) is 37.4 Å². The van der Waals surface area contributed by atoms with E-state index in [9.17, 15) is 0 Å². The Morgan fingerprint density at radius 3 is 2.64 bits per heavy atom. The van der Waals surface area contributed by atoms with Gasteiger partial charge in [0.1, 0.15) is 0 Å². The van der Waals surface area contributed by atoms with Crippen LogP contribution in [0.3, 0.4) is 0 Å². The van der Waals surface area contributed by atoms with Crippen LogP contribution in [-0.2, 0) is 0 Å². The summed E-state index contributed by atoms with van der Waals surface area (Å²) in [6.07, 6.45) is 3.16. The molecule has 60 valence electrons. The fourth-order valence-electron chi connectivity index (χ4n) is 1.01. The second kappa shape index (κ2) is 3.51. The van der Waals surface area contributed by atoms with E-state index >= 15 is 0 Å². The first-order valence-electron chi connectivity index (χ1n) is 4.16. The van der Waals surface area contributed by atoms with E-state index in [0.717, 1.165) is 5.69 Å². The Kier molecular flexibility index (Phi) is 2.64. The Bertz CT molecular complexity index is 213. The van der Waals surface area contributed by atoms with E-state index in [1.807, 2.05) is 13.1 Å². The van der Waals surface area contributed by atoms with Gasteiger partial charge in [-0.25, -0.2) is 0 Å². The summed E-state index contributed by atoms with van der Waals surface area (Å²) in [5.74, 6) is 0.642. The molecule has 11 heavy (non-hydrogen) atoms. The summed E-state index contributed by atoms with van der Waals surface area (Å²) in [6.45, 7) is 6.44. The molecule has 1 atom stereocenters. The summed E-state index contributed by atoms with van der Waals surface area (Å²) in [5.41, 5.74) is 2.44. The van der Waals surface area contributed by atoms with Gasteiger partial charge in [-0.05, 0) is 30.9 Å². The largest absolute Gasteiger partial charge is 0.261 e. The molecule has 0 bridgehead atoms. The maximum absolute atomic E-state index is 4.25. The molecule has 1 heteroatoms. The zero-order chi connectivity index (χ0) is 8.27.